The van der Waals surface area contributed by atoms with Gasteiger partial charge in [-0.3, -0.25) is 10.1 Å². The van der Waals surface area contributed by atoms with Gasteiger partial charge in [0.1, 0.15) is 0 Å². The molecule has 0 radical (unpaired) electrons. The number of rotatable bonds is 5. The maximum absolute atomic E-state index is 10.6. The minimum absolute atomic E-state index is 0.161. The second-order valence-corrected chi connectivity index (χ2v) is 3.43. The van der Waals surface area contributed by atoms with Crippen molar-refractivity contribution < 1.29 is 9.66 Å². The van der Waals surface area contributed by atoms with Gasteiger partial charge in [-0.15, -0.1) is 0 Å². The first kappa shape index (κ1) is 11.7. The molecule has 1 aromatic carbocycles. The fourth-order valence-corrected chi connectivity index (χ4v) is 1.35. The Morgan fingerprint density at radius 3 is 2.73 bits per heavy atom. The molecule has 0 amide bonds. The zero-order chi connectivity index (χ0) is 11.3. The van der Waals surface area contributed by atoms with Crippen LogP contribution in [0.2, 0.25) is 0 Å². The highest BCUT2D eigenvalue weighted by Crippen LogP contribution is 2.19. The number of aryl methyl sites for hydroxylation is 1. The fraction of sp³-hybridized carbons (Fsp3) is 0.455. The molecule has 0 aliphatic rings. The molecule has 0 aliphatic heterocycles. The third-order valence-electron chi connectivity index (χ3n) is 2.08. The van der Waals surface area contributed by atoms with E-state index < -0.39 is 0 Å². The maximum Gasteiger partial charge on any atom is 0.272 e. The smallest absolute Gasteiger partial charge is 0.272 e. The third kappa shape index (κ3) is 3.32. The van der Waals surface area contributed by atoms with E-state index in [1.807, 2.05) is 6.92 Å². The zero-order valence-corrected chi connectivity index (χ0v) is 9.03. The first-order chi connectivity index (χ1) is 7.15. The lowest BCUT2D eigenvalue weighted by Gasteiger charge is -2.04. The predicted octanol–water partition coefficient (Wildman–Crippen LogP) is 2.83. The maximum atomic E-state index is 10.6. The van der Waals surface area contributed by atoms with Gasteiger partial charge in [0.25, 0.3) is 5.69 Å². The van der Waals surface area contributed by atoms with Crippen molar-refractivity contribution in [1.82, 2.24) is 0 Å². The molecule has 0 spiro atoms. The molecule has 1 aromatic rings. The highest BCUT2D eigenvalue weighted by Gasteiger charge is 2.09. The average Bonchev–Trinajstić information content (AvgIpc) is 2.17. The Hall–Kier alpha value is -1.42. The summed E-state index contributed by atoms with van der Waals surface area (Å²) in [5.74, 6) is 0. The number of benzene rings is 1. The summed E-state index contributed by atoms with van der Waals surface area (Å²) in [6.07, 6.45) is 0.978. The minimum Gasteiger partial charge on any atom is -0.377 e. The Labute approximate surface area is 89.0 Å². The second-order valence-electron chi connectivity index (χ2n) is 3.43. The highest BCUT2D eigenvalue weighted by atomic mass is 16.6. The zero-order valence-electron chi connectivity index (χ0n) is 9.03. The molecule has 4 nitrogen and oxygen atoms in total. The van der Waals surface area contributed by atoms with Crippen LogP contribution >= 0.6 is 0 Å². The van der Waals surface area contributed by atoms with Gasteiger partial charge in [-0.1, -0.05) is 6.92 Å². The van der Waals surface area contributed by atoms with Gasteiger partial charge in [-0.2, -0.15) is 0 Å². The first-order valence-electron chi connectivity index (χ1n) is 4.96. The van der Waals surface area contributed by atoms with Crippen molar-refractivity contribution in [1.29, 1.82) is 0 Å². The van der Waals surface area contributed by atoms with E-state index >= 15 is 0 Å². The van der Waals surface area contributed by atoms with E-state index in [2.05, 4.69) is 0 Å². The molecule has 0 saturated carbocycles. The summed E-state index contributed by atoms with van der Waals surface area (Å²) in [6.45, 7) is 5.02. The number of nitrogens with zero attached hydrogens (tertiary/aromatic N) is 1. The SMILES string of the molecule is CCCOCc1ccc([N+](=O)[O-])c(C)c1. The first-order valence-corrected chi connectivity index (χ1v) is 4.96. The standard InChI is InChI=1S/C11H15NO3/c1-3-6-15-8-10-4-5-11(12(13)14)9(2)7-10/h4-5,7H,3,6,8H2,1-2H3. The molecule has 0 fully saturated rings. The van der Waals surface area contributed by atoms with E-state index in [0.29, 0.717) is 12.2 Å². The second kappa shape index (κ2) is 5.46. The molecule has 0 N–H and O–H groups in total. The summed E-state index contributed by atoms with van der Waals surface area (Å²) >= 11 is 0. The Balaban J connectivity index is 2.69. The lowest BCUT2D eigenvalue weighted by Crippen LogP contribution is -1.96. The van der Waals surface area contributed by atoms with Crippen molar-refractivity contribution in [2.75, 3.05) is 6.61 Å². The van der Waals surface area contributed by atoms with Gasteiger partial charge in [0, 0.05) is 18.2 Å². The van der Waals surface area contributed by atoms with E-state index in [1.54, 1.807) is 19.1 Å². The van der Waals surface area contributed by atoms with Gasteiger partial charge >= 0.3 is 0 Å². The van der Waals surface area contributed by atoms with Crippen LogP contribution in [-0.2, 0) is 11.3 Å². The quantitative estimate of drug-likeness (QED) is 0.425. The largest absolute Gasteiger partial charge is 0.377 e. The van der Waals surface area contributed by atoms with E-state index in [-0.39, 0.29) is 10.6 Å². The summed E-state index contributed by atoms with van der Waals surface area (Å²) in [5, 5.41) is 10.6. The summed E-state index contributed by atoms with van der Waals surface area (Å²) < 4.78 is 5.35. The van der Waals surface area contributed by atoms with Gasteiger partial charge in [0.2, 0.25) is 0 Å². The highest BCUT2D eigenvalue weighted by molar-refractivity contribution is 5.41. The Morgan fingerprint density at radius 2 is 2.20 bits per heavy atom. The van der Waals surface area contributed by atoms with E-state index in [0.717, 1.165) is 18.6 Å². The molecule has 15 heavy (non-hydrogen) atoms. The topological polar surface area (TPSA) is 52.4 Å². The molecule has 1 rings (SSSR count). The molecule has 82 valence electrons. The monoisotopic (exact) mass is 209 g/mol. The Kier molecular flexibility index (Phi) is 4.24. The van der Waals surface area contributed by atoms with Gasteiger partial charge in [-0.05, 0) is 31.0 Å². The van der Waals surface area contributed by atoms with Crippen LogP contribution in [0, 0.1) is 17.0 Å². The fourth-order valence-electron chi connectivity index (χ4n) is 1.35. The molecule has 0 aromatic heterocycles. The van der Waals surface area contributed by atoms with Gasteiger partial charge in [0.05, 0.1) is 11.5 Å². The number of hydrogen-bond donors (Lipinski definition) is 0. The number of ether oxygens (including phenoxy) is 1. The van der Waals surface area contributed by atoms with Gasteiger partial charge in [0.15, 0.2) is 0 Å². The van der Waals surface area contributed by atoms with E-state index in [1.165, 1.54) is 6.07 Å². The summed E-state index contributed by atoms with van der Waals surface area (Å²) in [7, 11) is 0. The Bertz CT molecular complexity index is 350. The summed E-state index contributed by atoms with van der Waals surface area (Å²) in [4.78, 5) is 10.2. The van der Waals surface area contributed by atoms with Crippen LogP contribution in [0.5, 0.6) is 0 Å². The van der Waals surface area contributed by atoms with Crippen LogP contribution in [0.1, 0.15) is 24.5 Å². The van der Waals surface area contributed by atoms with E-state index in [9.17, 15) is 10.1 Å². The number of hydrogen-bond acceptors (Lipinski definition) is 3. The molecule has 0 bridgehead atoms. The molecule has 0 unspecified atom stereocenters. The predicted molar refractivity (Wildman–Crippen MR) is 57.8 cm³/mol. The van der Waals surface area contributed by atoms with Crippen LogP contribution in [0.4, 0.5) is 5.69 Å². The van der Waals surface area contributed by atoms with Crippen LogP contribution in [-0.4, -0.2) is 11.5 Å². The number of nitro groups is 1. The van der Waals surface area contributed by atoms with Crippen LogP contribution in [0.25, 0.3) is 0 Å². The van der Waals surface area contributed by atoms with Crippen molar-refractivity contribution in [2.24, 2.45) is 0 Å². The van der Waals surface area contributed by atoms with Crippen molar-refractivity contribution in [3.8, 4) is 0 Å². The third-order valence-corrected chi connectivity index (χ3v) is 2.08. The van der Waals surface area contributed by atoms with Crippen molar-refractivity contribution in [3.05, 3.63) is 39.4 Å². The molecule has 0 atom stereocenters. The molecule has 0 saturated heterocycles. The molecule has 4 heteroatoms. The van der Waals surface area contributed by atoms with Crippen molar-refractivity contribution in [3.63, 3.8) is 0 Å². The lowest BCUT2D eigenvalue weighted by molar-refractivity contribution is -0.385. The number of nitro benzene ring substituents is 1. The Morgan fingerprint density at radius 1 is 1.47 bits per heavy atom. The van der Waals surface area contributed by atoms with Crippen LogP contribution in [0.3, 0.4) is 0 Å². The van der Waals surface area contributed by atoms with Crippen molar-refractivity contribution >= 4 is 5.69 Å². The van der Waals surface area contributed by atoms with Gasteiger partial charge < -0.3 is 4.74 Å². The normalized spacial score (nSPS) is 10.3. The van der Waals surface area contributed by atoms with E-state index in [4.69, 9.17) is 4.74 Å². The summed E-state index contributed by atoms with van der Waals surface area (Å²) in [6, 6.07) is 5.06. The van der Waals surface area contributed by atoms with Crippen molar-refractivity contribution in [2.45, 2.75) is 26.9 Å². The molecule has 0 aliphatic carbocycles. The minimum atomic E-state index is -0.369. The van der Waals surface area contributed by atoms with Crippen LogP contribution in [0.15, 0.2) is 18.2 Å². The molecule has 0 heterocycles. The van der Waals surface area contributed by atoms with Gasteiger partial charge in [-0.25, -0.2) is 0 Å². The molecular weight excluding hydrogens is 194 g/mol. The van der Waals surface area contributed by atoms with Crippen LogP contribution < -0.4 is 0 Å². The lowest BCUT2D eigenvalue weighted by atomic mass is 10.1. The molecular formula is C11H15NO3. The average molecular weight is 209 g/mol. The summed E-state index contributed by atoms with van der Waals surface area (Å²) in [5.41, 5.74) is 1.82.